The van der Waals surface area contributed by atoms with Gasteiger partial charge in [0.05, 0.1) is 10.7 Å². The molecular formula is C19H24ClN5O. The number of guanidine groups is 1. The van der Waals surface area contributed by atoms with Gasteiger partial charge in [-0.25, -0.2) is 15.5 Å². The molecule has 1 saturated heterocycles. The molecule has 26 heavy (non-hydrogen) atoms. The number of halogens is 1. The third kappa shape index (κ3) is 4.45. The lowest BCUT2D eigenvalue weighted by Crippen LogP contribution is -2.52. The molecule has 0 amide bonds. The molecule has 3 rings (SSSR count). The summed E-state index contributed by atoms with van der Waals surface area (Å²) in [5.41, 5.74) is 4.36. The summed E-state index contributed by atoms with van der Waals surface area (Å²) in [6, 6.07) is 11.8. The molecule has 138 valence electrons. The second-order valence-corrected chi connectivity index (χ2v) is 6.65. The lowest BCUT2D eigenvalue weighted by molar-refractivity contribution is 0.207. The Hall–Kier alpha value is -2.31. The molecule has 1 fully saturated rings. The van der Waals surface area contributed by atoms with Crippen LogP contribution >= 0.6 is 11.6 Å². The van der Waals surface area contributed by atoms with Crippen LogP contribution in [0.2, 0.25) is 5.02 Å². The van der Waals surface area contributed by atoms with Crippen LogP contribution in [0, 0.1) is 0 Å². The number of hydrogen-bond donors (Lipinski definition) is 2. The van der Waals surface area contributed by atoms with Crippen molar-refractivity contribution in [2.75, 3.05) is 31.1 Å². The van der Waals surface area contributed by atoms with E-state index in [2.05, 4.69) is 39.4 Å². The zero-order valence-corrected chi connectivity index (χ0v) is 15.7. The molecule has 2 heterocycles. The lowest BCUT2D eigenvalue weighted by atomic mass is 10.1. The maximum absolute atomic E-state index is 9.54. The Balaban J connectivity index is 1.65. The van der Waals surface area contributed by atoms with Gasteiger partial charge in [0.2, 0.25) is 5.96 Å². The average molecular weight is 374 g/mol. The number of hydrogen-bond acceptors (Lipinski definition) is 4. The van der Waals surface area contributed by atoms with Crippen LogP contribution in [0.15, 0.2) is 47.6 Å². The van der Waals surface area contributed by atoms with Crippen molar-refractivity contribution >= 4 is 29.1 Å². The third-order valence-electron chi connectivity index (χ3n) is 4.43. The van der Waals surface area contributed by atoms with E-state index < -0.39 is 0 Å². The summed E-state index contributed by atoms with van der Waals surface area (Å²) in [6.07, 6.45) is 3.93. The van der Waals surface area contributed by atoms with E-state index in [1.54, 1.807) is 6.20 Å². The van der Waals surface area contributed by atoms with Gasteiger partial charge < -0.3 is 9.80 Å². The van der Waals surface area contributed by atoms with Crippen molar-refractivity contribution in [3.8, 4) is 0 Å². The van der Waals surface area contributed by atoms with E-state index in [4.69, 9.17) is 11.6 Å². The predicted octanol–water partition coefficient (Wildman–Crippen LogP) is 3.48. The number of anilines is 1. The fraction of sp³-hybridized carbons (Fsp3) is 0.368. The summed E-state index contributed by atoms with van der Waals surface area (Å²) in [4.78, 5) is 13.1. The smallest absolute Gasteiger partial charge is 0.223 e. The van der Waals surface area contributed by atoms with Gasteiger partial charge in [0.15, 0.2) is 0 Å². The summed E-state index contributed by atoms with van der Waals surface area (Å²) in [7, 11) is 0. The quantitative estimate of drug-likeness (QED) is 0.488. The third-order valence-corrected chi connectivity index (χ3v) is 4.72. The SMILES string of the molecule is CCCc1ccc(N=C(NO)N2CCN(c3ncccc3Cl)CC2)cc1. The Kier molecular flexibility index (Phi) is 6.30. The highest BCUT2D eigenvalue weighted by molar-refractivity contribution is 6.32. The molecule has 2 N–H and O–H groups in total. The van der Waals surface area contributed by atoms with Gasteiger partial charge >= 0.3 is 0 Å². The number of nitrogens with one attached hydrogen (secondary N) is 1. The van der Waals surface area contributed by atoms with Crippen LogP contribution in [0.5, 0.6) is 0 Å². The van der Waals surface area contributed by atoms with Gasteiger partial charge in [-0.1, -0.05) is 37.1 Å². The highest BCUT2D eigenvalue weighted by atomic mass is 35.5. The first-order valence-electron chi connectivity index (χ1n) is 8.89. The molecule has 0 saturated carbocycles. The van der Waals surface area contributed by atoms with Crippen LogP contribution in [0.25, 0.3) is 0 Å². The summed E-state index contributed by atoms with van der Waals surface area (Å²) in [5, 5.41) is 10.2. The van der Waals surface area contributed by atoms with Crippen molar-refractivity contribution in [1.29, 1.82) is 0 Å². The van der Waals surface area contributed by atoms with Gasteiger partial charge in [-0.3, -0.25) is 5.21 Å². The minimum Gasteiger partial charge on any atom is -0.352 e. The van der Waals surface area contributed by atoms with Crippen LogP contribution < -0.4 is 10.4 Å². The van der Waals surface area contributed by atoms with Crippen molar-refractivity contribution < 1.29 is 5.21 Å². The molecule has 1 aliphatic rings. The topological polar surface area (TPSA) is 64.0 Å². The Morgan fingerprint density at radius 2 is 1.92 bits per heavy atom. The monoisotopic (exact) mass is 373 g/mol. The normalized spacial score (nSPS) is 15.3. The Bertz CT molecular complexity index is 742. The van der Waals surface area contributed by atoms with Gasteiger partial charge in [0.1, 0.15) is 5.82 Å². The highest BCUT2D eigenvalue weighted by Crippen LogP contribution is 2.23. The van der Waals surface area contributed by atoms with Crippen molar-refractivity contribution in [1.82, 2.24) is 15.4 Å². The van der Waals surface area contributed by atoms with Gasteiger partial charge in [-0.15, -0.1) is 0 Å². The Morgan fingerprint density at radius 3 is 2.54 bits per heavy atom. The first kappa shape index (κ1) is 18.5. The van der Waals surface area contributed by atoms with Crippen molar-refractivity contribution in [3.63, 3.8) is 0 Å². The predicted molar refractivity (Wildman–Crippen MR) is 105 cm³/mol. The Morgan fingerprint density at radius 1 is 1.19 bits per heavy atom. The number of aliphatic imine (C=N–C) groups is 1. The zero-order chi connectivity index (χ0) is 18.4. The van der Waals surface area contributed by atoms with E-state index in [9.17, 15) is 5.21 Å². The lowest BCUT2D eigenvalue weighted by Gasteiger charge is -2.36. The minimum atomic E-state index is 0.458. The number of benzene rings is 1. The summed E-state index contributed by atoms with van der Waals surface area (Å²) in [6.45, 7) is 5.11. The first-order valence-corrected chi connectivity index (χ1v) is 9.27. The first-order chi connectivity index (χ1) is 12.7. The van der Waals surface area contributed by atoms with Crippen LogP contribution in [0.4, 0.5) is 11.5 Å². The van der Waals surface area contributed by atoms with Crippen LogP contribution in [0.3, 0.4) is 0 Å². The molecule has 0 spiro atoms. The van der Waals surface area contributed by atoms with Crippen molar-refractivity contribution in [2.24, 2.45) is 4.99 Å². The fourth-order valence-corrected chi connectivity index (χ4v) is 3.30. The molecule has 0 aliphatic carbocycles. The number of hydroxylamine groups is 1. The molecule has 0 atom stereocenters. The zero-order valence-electron chi connectivity index (χ0n) is 14.9. The fourth-order valence-electron chi connectivity index (χ4n) is 3.05. The highest BCUT2D eigenvalue weighted by Gasteiger charge is 2.22. The van der Waals surface area contributed by atoms with E-state index in [0.717, 1.165) is 37.4 Å². The minimum absolute atomic E-state index is 0.458. The number of nitrogens with zero attached hydrogens (tertiary/aromatic N) is 4. The van der Waals surface area contributed by atoms with E-state index in [1.165, 1.54) is 5.56 Å². The van der Waals surface area contributed by atoms with E-state index in [1.807, 2.05) is 29.2 Å². The molecule has 1 aliphatic heterocycles. The summed E-state index contributed by atoms with van der Waals surface area (Å²) >= 11 is 6.23. The van der Waals surface area contributed by atoms with Crippen LogP contribution in [-0.2, 0) is 6.42 Å². The summed E-state index contributed by atoms with van der Waals surface area (Å²) in [5.74, 6) is 1.26. The molecule has 2 aromatic rings. The second-order valence-electron chi connectivity index (χ2n) is 6.25. The number of aromatic nitrogens is 1. The van der Waals surface area contributed by atoms with Crippen LogP contribution in [0.1, 0.15) is 18.9 Å². The summed E-state index contributed by atoms with van der Waals surface area (Å²) < 4.78 is 0. The van der Waals surface area contributed by atoms with E-state index in [-0.39, 0.29) is 0 Å². The van der Waals surface area contributed by atoms with E-state index >= 15 is 0 Å². The van der Waals surface area contributed by atoms with Crippen molar-refractivity contribution in [3.05, 3.63) is 53.2 Å². The Labute approximate surface area is 159 Å². The number of pyridine rings is 1. The molecule has 1 aromatic carbocycles. The second kappa shape index (κ2) is 8.87. The largest absolute Gasteiger partial charge is 0.352 e. The van der Waals surface area contributed by atoms with Crippen molar-refractivity contribution in [2.45, 2.75) is 19.8 Å². The molecule has 0 radical (unpaired) electrons. The molecule has 7 heteroatoms. The number of piperazine rings is 1. The molecule has 0 bridgehead atoms. The maximum Gasteiger partial charge on any atom is 0.223 e. The maximum atomic E-state index is 9.54. The van der Waals surface area contributed by atoms with Gasteiger partial charge in [-0.2, -0.15) is 0 Å². The molecule has 6 nitrogen and oxygen atoms in total. The number of rotatable bonds is 4. The van der Waals surface area contributed by atoms with Crippen LogP contribution in [-0.4, -0.2) is 47.2 Å². The van der Waals surface area contributed by atoms with Gasteiger partial charge in [-0.05, 0) is 36.2 Å². The molecule has 1 aromatic heterocycles. The van der Waals surface area contributed by atoms with Gasteiger partial charge in [0.25, 0.3) is 0 Å². The molecule has 0 unspecified atom stereocenters. The molecular weight excluding hydrogens is 350 g/mol. The van der Waals surface area contributed by atoms with E-state index in [0.29, 0.717) is 24.1 Å². The average Bonchev–Trinajstić information content (AvgIpc) is 2.68. The standard InChI is InChI=1S/C19H24ClN5O/c1-2-4-15-6-8-16(9-7-15)22-19(23-26)25-13-11-24(12-14-25)18-17(20)5-3-10-21-18/h3,5-10,26H,2,4,11-14H2,1H3,(H,22,23). The number of aryl methyl sites for hydroxylation is 1. The van der Waals surface area contributed by atoms with Gasteiger partial charge in [0, 0.05) is 32.4 Å².